The SMILES string of the molecule is CC(C)C[C@@H]1NC(=O)[C@@H](C(C)C)NC(=O)[C@H](Cc2ccc(O)cc2)NC(=O)[C@@H](CCCN=C(N)N)NC(=O)[C@@H](C(C)C)NC1=O. The van der Waals surface area contributed by atoms with Gasteiger partial charge in [0.05, 0.1) is 0 Å². The Morgan fingerprint density at radius 2 is 1.18 bits per heavy atom. The first-order valence-corrected chi connectivity index (χ1v) is 15.4. The van der Waals surface area contributed by atoms with Crippen molar-refractivity contribution in [2.75, 3.05) is 6.54 Å². The maximum Gasteiger partial charge on any atom is 0.243 e. The molecule has 45 heavy (non-hydrogen) atoms. The largest absolute Gasteiger partial charge is 0.508 e. The van der Waals surface area contributed by atoms with Gasteiger partial charge in [0.2, 0.25) is 29.5 Å². The molecule has 1 heterocycles. The summed E-state index contributed by atoms with van der Waals surface area (Å²) in [5, 5.41) is 23.5. The number of aliphatic imine (C=N–C) groups is 1. The second-order valence-electron chi connectivity index (χ2n) is 12.6. The van der Waals surface area contributed by atoms with E-state index in [1.807, 2.05) is 13.8 Å². The molecule has 14 nitrogen and oxygen atoms in total. The van der Waals surface area contributed by atoms with Crippen LogP contribution in [-0.4, -0.2) is 77.4 Å². The zero-order chi connectivity index (χ0) is 33.8. The molecule has 10 N–H and O–H groups in total. The average molecular weight is 631 g/mol. The van der Waals surface area contributed by atoms with Crippen LogP contribution in [0.4, 0.5) is 0 Å². The summed E-state index contributed by atoms with van der Waals surface area (Å²) in [6, 6.07) is 0.892. The number of phenolic OH excluding ortho intramolecular Hbond substituents is 1. The van der Waals surface area contributed by atoms with E-state index in [1.165, 1.54) is 12.1 Å². The molecule has 1 aromatic carbocycles. The number of phenols is 1. The topological polar surface area (TPSA) is 230 Å². The first kappa shape index (κ1) is 36.8. The lowest BCUT2D eigenvalue weighted by Gasteiger charge is -2.28. The van der Waals surface area contributed by atoms with Crippen molar-refractivity contribution in [2.45, 2.75) is 97.4 Å². The molecular weight excluding hydrogens is 580 g/mol. The minimum atomic E-state index is -1.15. The fourth-order valence-electron chi connectivity index (χ4n) is 4.93. The summed E-state index contributed by atoms with van der Waals surface area (Å²) in [5.74, 6) is -3.76. The minimum Gasteiger partial charge on any atom is -0.508 e. The normalized spacial score (nSPS) is 23.8. The number of carbonyl (C=O) groups excluding carboxylic acids is 5. The van der Waals surface area contributed by atoms with Crippen molar-refractivity contribution < 1.29 is 29.1 Å². The Kier molecular flexibility index (Phi) is 14.1. The Balaban J connectivity index is 2.58. The van der Waals surface area contributed by atoms with E-state index in [9.17, 15) is 29.1 Å². The Bertz CT molecular complexity index is 1210. The van der Waals surface area contributed by atoms with Gasteiger partial charge >= 0.3 is 0 Å². The van der Waals surface area contributed by atoms with Gasteiger partial charge in [0.25, 0.3) is 0 Å². The first-order valence-electron chi connectivity index (χ1n) is 15.4. The van der Waals surface area contributed by atoms with Crippen molar-refractivity contribution in [3.63, 3.8) is 0 Å². The van der Waals surface area contributed by atoms with Crippen LogP contribution in [0.25, 0.3) is 0 Å². The summed E-state index contributed by atoms with van der Waals surface area (Å²) in [5.41, 5.74) is 11.5. The van der Waals surface area contributed by atoms with E-state index in [2.05, 4.69) is 31.6 Å². The molecule has 1 aromatic rings. The van der Waals surface area contributed by atoms with Crippen LogP contribution in [0.15, 0.2) is 29.3 Å². The number of hydrogen-bond donors (Lipinski definition) is 8. The number of aromatic hydroxyl groups is 1. The first-order chi connectivity index (χ1) is 21.1. The number of guanidine groups is 1. The lowest BCUT2D eigenvalue weighted by molar-refractivity contribution is -0.135. The highest BCUT2D eigenvalue weighted by atomic mass is 16.3. The van der Waals surface area contributed by atoms with Crippen LogP contribution >= 0.6 is 0 Å². The minimum absolute atomic E-state index is 0.0210. The molecule has 5 atom stereocenters. The molecule has 1 fully saturated rings. The second kappa shape index (κ2) is 17.2. The van der Waals surface area contributed by atoms with Gasteiger partial charge in [-0.2, -0.15) is 0 Å². The maximum absolute atomic E-state index is 13.7. The maximum atomic E-state index is 13.7. The summed E-state index contributed by atoms with van der Waals surface area (Å²) in [4.78, 5) is 72.0. The van der Waals surface area contributed by atoms with E-state index in [4.69, 9.17) is 11.5 Å². The van der Waals surface area contributed by atoms with E-state index in [0.717, 1.165) is 0 Å². The number of carbonyl (C=O) groups is 5. The molecule has 1 aliphatic rings. The Hall–Kier alpha value is -4.36. The summed E-state index contributed by atoms with van der Waals surface area (Å²) in [6.45, 7) is 11.0. The van der Waals surface area contributed by atoms with Gasteiger partial charge in [0, 0.05) is 13.0 Å². The van der Waals surface area contributed by atoms with Gasteiger partial charge in [0.15, 0.2) is 5.96 Å². The van der Waals surface area contributed by atoms with Crippen LogP contribution in [-0.2, 0) is 30.4 Å². The number of amides is 5. The van der Waals surface area contributed by atoms with Crippen molar-refractivity contribution in [3.05, 3.63) is 29.8 Å². The second-order valence-corrected chi connectivity index (χ2v) is 12.6. The van der Waals surface area contributed by atoms with Gasteiger partial charge in [-0.15, -0.1) is 0 Å². The van der Waals surface area contributed by atoms with E-state index < -0.39 is 59.7 Å². The third-order valence-corrected chi connectivity index (χ3v) is 7.42. The quantitative estimate of drug-likeness (QED) is 0.0976. The molecule has 1 aliphatic heterocycles. The molecule has 0 aliphatic carbocycles. The van der Waals surface area contributed by atoms with Gasteiger partial charge in [0.1, 0.15) is 36.0 Å². The van der Waals surface area contributed by atoms with Crippen molar-refractivity contribution in [2.24, 2.45) is 34.2 Å². The third-order valence-electron chi connectivity index (χ3n) is 7.42. The molecule has 0 aromatic heterocycles. The molecule has 2 rings (SSSR count). The molecule has 0 bridgehead atoms. The predicted octanol–water partition coefficient (Wildman–Crippen LogP) is -0.216. The molecule has 1 saturated heterocycles. The van der Waals surface area contributed by atoms with Crippen LogP contribution in [0.2, 0.25) is 0 Å². The van der Waals surface area contributed by atoms with Crippen LogP contribution in [0, 0.1) is 17.8 Å². The van der Waals surface area contributed by atoms with Crippen LogP contribution in [0.5, 0.6) is 5.75 Å². The lowest BCUT2D eigenvalue weighted by atomic mass is 9.98. The molecular formula is C31H50N8O6. The van der Waals surface area contributed by atoms with Crippen molar-refractivity contribution >= 4 is 35.5 Å². The molecule has 0 radical (unpaired) electrons. The van der Waals surface area contributed by atoms with E-state index in [-0.39, 0.29) is 48.8 Å². The highest BCUT2D eigenvalue weighted by Gasteiger charge is 2.36. The Morgan fingerprint density at radius 3 is 1.67 bits per heavy atom. The van der Waals surface area contributed by atoms with Gasteiger partial charge in [-0.05, 0) is 54.7 Å². The van der Waals surface area contributed by atoms with Crippen molar-refractivity contribution in [1.82, 2.24) is 26.6 Å². The average Bonchev–Trinajstić information content (AvgIpc) is 2.94. The fraction of sp³-hybridized carbons (Fsp3) is 0.613. The molecule has 0 spiro atoms. The number of benzene rings is 1. The van der Waals surface area contributed by atoms with Gasteiger partial charge in [-0.3, -0.25) is 29.0 Å². The Labute approximate surface area is 264 Å². The molecule has 5 amide bonds. The fourth-order valence-corrected chi connectivity index (χ4v) is 4.93. The van der Waals surface area contributed by atoms with Crippen molar-refractivity contribution in [3.8, 4) is 5.75 Å². The molecule has 0 unspecified atom stereocenters. The number of hydrogen-bond acceptors (Lipinski definition) is 7. The lowest BCUT2D eigenvalue weighted by Crippen LogP contribution is -2.59. The van der Waals surface area contributed by atoms with Crippen molar-refractivity contribution in [1.29, 1.82) is 0 Å². The standard InChI is InChI=1S/C31H50N8O6/c1-16(2)14-22-27(42)38-24(17(3)4)29(44)35-21(8-7-13-34-31(32)33)26(41)36-23(15-19-9-11-20(40)12-10-19)28(43)39-25(18(5)6)30(45)37-22/h9-12,16-18,21-25,40H,7-8,13-15H2,1-6H3,(H,35,44)(H,36,41)(H,37,45)(H,38,42)(H,39,43)(H4,32,33,34)/t21-,22+,23+,24-,25-/m1/s1. The van der Waals surface area contributed by atoms with E-state index in [1.54, 1.807) is 39.8 Å². The zero-order valence-corrected chi connectivity index (χ0v) is 27.1. The molecule has 0 saturated carbocycles. The molecule has 250 valence electrons. The highest BCUT2D eigenvalue weighted by molar-refractivity contribution is 5.98. The third kappa shape index (κ3) is 11.9. The molecule has 14 heteroatoms. The monoisotopic (exact) mass is 630 g/mol. The van der Waals surface area contributed by atoms with E-state index >= 15 is 0 Å². The number of nitrogens with one attached hydrogen (secondary N) is 5. The van der Waals surface area contributed by atoms with Gasteiger partial charge in [-0.1, -0.05) is 53.7 Å². The summed E-state index contributed by atoms with van der Waals surface area (Å²) in [7, 11) is 0. The zero-order valence-electron chi connectivity index (χ0n) is 27.1. The van der Waals surface area contributed by atoms with Gasteiger partial charge < -0.3 is 43.2 Å². The predicted molar refractivity (Wildman–Crippen MR) is 171 cm³/mol. The highest BCUT2D eigenvalue weighted by Crippen LogP contribution is 2.14. The van der Waals surface area contributed by atoms with Crippen LogP contribution in [0.1, 0.15) is 66.4 Å². The number of rotatable bonds is 10. The number of nitrogens with zero attached hydrogens (tertiary/aromatic N) is 1. The Morgan fingerprint density at radius 1 is 0.711 bits per heavy atom. The van der Waals surface area contributed by atoms with Gasteiger partial charge in [-0.25, -0.2) is 0 Å². The van der Waals surface area contributed by atoms with Crippen LogP contribution in [0.3, 0.4) is 0 Å². The number of nitrogens with two attached hydrogens (primary N) is 2. The van der Waals surface area contributed by atoms with Crippen LogP contribution < -0.4 is 38.1 Å². The summed E-state index contributed by atoms with van der Waals surface area (Å²) < 4.78 is 0. The smallest absolute Gasteiger partial charge is 0.243 e. The summed E-state index contributed by atoms with van der Waals surface area (Å²) in [6.07, 6.45) is 0.780. The van der Waals surface area contributed by atoms with E-state index in [0.29, 0.717) is 18.4 Å². The summed E-state index contributed by atoms with van der Waals surface area (Å²) >= 11 is 0.